The molecule has 0 saturated heterocycles. The summed E-state index contributed by atoms with van der Waals surface area (Å²) in [5.41, 5.74) is 14.8. The Bertz CT molecular complexity index is 1660. The van der Waals surface area contributed by atoms with Crippen LogP contribution in [0, 0.1) is 0 Å². The number of hydrogen-bond acceptors (Lipinski definition) is 1. The van der Waals surface area contributed by atoms with Crippen molar-refractivity contribution < 1.29 is 0 Å². The first-order valence-corrected chi connectivity index (χ1v) is 13.3. The molecular formula is C35H24S. The molecule has 0 aliphatic heterocycles. The molecule has 0 atom stereocenters. The van der Waals surface area contributed by atoms with Crippen molar-refractivity contribution in [2.75, 3.05) is 0 Å². The highest BCUT2D eigenvalue weighted by molar-refractivity contribution is 7.13. The van der Waals surface area contributed by atoms with E-state index in [2.05, 4.69) is 133 Å². The van der Waals surface area contributed by atoms with Crippen molar-refractivity contribution in [1.82, 2.24) is 0 Å². The Morgan fingerprint density at radius 1 is 0.417 bits per heavy atom. The number of benzene rings is 5. The lowest BCUT2D eigenvalue weighted by Crippen LogP contribution is -2.00. The summed E-state index contributed by atoms with van der Waals surface area (Å²) in [6.07, 6.45) is 0.945. The van der Waals surface area contributed by atoms with Crippen LogP contribution in [0.4, 0.5) is 0 Å². The van der Waals surface area contributed by atoms with Crippen molar-refractivity contribution in [3.05, 3.63) is 144 Å². The van der Waals surface area contributed by atoms with E-state index in [0.717, 1.165) is 6.42 Å². The molecule has 170 valence electrons. The van der Waals surface area contributed by atoms with Crippen LogP contribution in [0.1, 0.15) is 11.1 Å². The molecule has 0 saturated carbocycles. The molecule has 1 aliphatic rings. The van der Waals surface area contributed by atoms with E-state index >= 15 is 0 Å². The summed E-state index contributed by atoms with van der Waals surface area (Å²) in [7, 11) is 0. The third-order valence-electron chi connectivity index (χ3n) is 7.21. The SMILES string of the molecule is c1ccc(-c2c3c(c(-c4ccccc4)c(-c4cccs4)c2-c2ccccc2)-c2ccccc2C3)cc1. The van der Waals surface area contributed by atoms with Crippen LogP contribution in [0.5, 0.6) is 0 Å². The minimum absolute atomic E-state index is 0.945. The lowest BCUT2D eigenvalue weighted by Gasteiger charge is -2.25. The van der Waals surface area contributed by atoms with Gasteiger partial charge < -0.3 is 0 Å². The number of fused-ring (bicyclic) bond motifs is 3. The van der Waals surface area contributed by atoms with Crippen LogP contribution in [0.25, 0.3) is 54.9 Å². The predicted octanol–water partition coefficient (Wildman–Crippen LogP) is 9.99. The molecule has 36 heavy (non-hydrogen) atoms. The monoisotopic (exact) mass is 476 g/mol. The van der Waals surface area contributed by atoms with Crippen LogP contribution in [0.15, 0.2) is 133 Å². The summed E-state index contributed by atoms with van der Waals surface area (Å²) in [5.74, 6) is 0. The average molecular weight is 477 g/mol. The Balaban J connectivity index is 1.74. The van der Waals surface area contributed by atoms with Gasteiger partial charge in [0, 0.05) is 10.4 Å². The second kappa shape index (κ2) is 8.78. The van der Waals surface area contributed by atoms with E-state index in [4.69, 9.17) is 0 Å². The smallest absolute Gasteiger partial charge is 0.0355 e. The third-order valence-corrected chi connectivity index (χ3v) is 8.10. The van der Waals surface area contributed by atoms with E-state index in [1.165, 1.54) is 66.1 Å². The molecule has 0 bridgehead atoms. The first-order valence-electron chi connectivity index (χ1n) is 12.4. The second-order valence-corrected chi connectivity index (χ2v) is 10.2. The molecule has 6 aromatic rings. The quantitative estimate of drug-likeness (QED) is 0.237. The van der Waals surface area contributed by atoms with E-state index < -0.39 is 0 Å². The third kappa shape index (κ3) is 3.36. The highest BCUT2D eigenvalue weighted by atomic mass is 32.1. The molecule has 1 heterocycles. The number of hydrogen-bond donors (Lipinski definition) is 0. The van der Waals surface area contributed by atoms with Gasteiger partial charge in [-0.3, -0.25) is 0 Å². The van der Waals surface area contributed by atoms with Gasteiger partial charge in [-0.05, 0) is 73.5 Å². The molecule has 1 heteroatoms. The fourth-order valence-corrected chi connectivity index (χ4v) is 6.55. The Kier molecular flexibility index (Phi) is 5.15. The first kappa shape index (κ1) is 21.1. The molecule has 0 N–H and O–H groups in total. The summed E-state index contributed by atoms with van der Waals surface area (Å²) in [6.45, 7) is 0. The average Bonchev–Trinajstić information content (AvgIpc) is 3.62. The highest BCUT2D eigenvalue weighted by Crippen LogP contribution is 2.56. The van der Waals surface area contributed by atoms with Crippen molar-refractivity contribution in [2.45, 2.75) is 6.42 Å². The van der Waals surface area contributed by atoms with Gasteiger partial charge in [0.25, 0.3) is 0 Å². The molecule has 0 radical (unpaired) electrons. The van der Waals surface area contributed by atoms with Crippen molar-refractivity contribution in [3.63, 3.8) is 0 Å². The summed E-state index contributed by atoms with van der Waals surface area (Å²) < 4.78 is 0. The van der Waals surface area contributed by atoms with E-state index in [9.17, 15) is 0 Å². The molecule has 0 spiro atoms. The normalized spacial score (nSPS) is 11.8. The van der Waals surface area contributed by atoms with Gasteiger partial charge in [-0.25, -0.2) is 0 Å². The van der Waals surface area contributed by atoms with Gasteiger partial charge >= 0.3 is 0 Å². The number of thiophene rings is 1. The first-order chi connectivity index (χ1) is 17.9. The Morgan fingerprint density at radius 2 is 0.944 bits per heavy atom. The maximum Gasteiger partial charge on any atom is 0.0355 e. The highest BCUT2D eigenvalue weighted by Gasteiger charge is 2.32. The van der Waals surface area contributed by atoms with Crippen molar-refractivity contribution >= 4 is 11.3 Å². The molecule has 0 unspecified atom stereocenters. The molecule has 0 fully saturated rings. The zero-order chi connectivity index (χ0) is 23.9. The van der Waals surface area contributed by atoms with Crippen molar-refractivity contribution in [1.29, 1.82) is 0 Å². The zero-order valence-electron chi connectivity index (χ0n) is 19.8. The van der Waals surface area contributed by atoms with Crippen LogP contribution in [0.2, 0.25) is 0 Å². The van der Waals surface area contributed by atoms with Crippen molar-refractivity contribution in [2.24, 2.45) is 0 Å². The molecule has 1 aliphatic carbocycles. The lowest BCUT2D eigenvalue weighted by atomic mass is 9.79. The minimum Gasteiger partial charge on any atom is -0.144 e. The van der Waals surface area contributed by atoms with Gasteiger partial charge in [0.15, 0.2) is 0 Å². The maximum atomic E-state index is 2.31. The summed E-state index contributed by atoms with van der Waals surface area (Å²) in [5, 5.41) is 2.20. The van der Waals surface area contributed by atoms with E-state index in [1.54, 1.807) is 0 Å². The fourth-order valence-electron chi connectivity index (χ4n) is 5.76. The van der Waals surface area contributed by atoms with E-state index in [1.807, 2.05) is 11.3 Å². The predicted molar refractivity (Wildman–Crippen MR) is 154 cm³/mol. The molecule has 1 aromatic heterocycles. The van der Waals surface area contributed by atoms with Gasteiger partial charge in [-0.1, -0.05) is 121 Å². The maximum absolute atomic E-state index is 2.31. The lowest BCUT2D eigenvalue weighted by molar-refractivity contribution is 1.26. The molecule has 5 aromatic carbocycles. The summed E-state index contributed by atoms with van der Waals surface area (Å²) in [6, 6.07) is 46.3. The fraction of sp³-hybridized carbons (Fsp3) is 0.0286. The second-order valence-electron chi connectivity index (χ2n) is 9.26. The van der Waals surface area contributed by atoms with Gasteiger partial charge in [0.05, 0.1) is 0 Å². The van der Waals surface area contributed by atoms with Gasteiger partial charge in [-0.15, -0.1) is 11.3 Å². The van der Waals surface area contributed by atoms with Gasteiger partial charge in [-0.2, -0.15) is 0 Å². The molecular weight excluding hydrogens is 452 g/mol. The van der Waals surface area contributed by atoms with Crippen LogP contribution in [0.3, 0.4) is 0 Å². The Morgan fingerprint density at radius 3 is 1.53 bits per heavy atom. The van der Waals surface area contributed by atoms with E-state index in [0.29, 0.717) is 0 Å². The number of rotatable bonds is 4. The van der Waals surface area contributed by atoms with Crippen molar-refractivity contribution in [3.8, 4) is 54.9 Å². The standard InChI is InChI=1S/C35H24S/c1-4-13-24(14-5-1)31-29-23-27-19-10-11-20-28(27)34(29)33(26-17-8-3-9-18-26)35(30-21-12-22-36-30)32(31)25-15-6-2-7-16-25/h1-22H,23H2. The summed E-state index contributed by atoms with van der Waals surface area (Å²) in [4.78, 5) is 1.30. The van der Waals surface area contributed by atoms with Crippen LogP contribution in [-0.4, -0.2) is 0 Å². The minimum atomic E-state index is 0.945. The largest absolute Gasteiger partial charge is 0.144 e. The van der Waals surface area contributed by atoms with Gasteiger partial charge in [0.2, 0.25) is 0 Å². The summed E-state index contributed by atoms with van der Waals surface area (Å²) >= 11 is 1.82. The zero-order valence-corrected chi connectivity index (χ0v) is 20.6. The van der Waals surface area contributed by atoms with Gasteiger partial charge in [0.1, 0.15) is 0 Å². The Hall–Kier alpha value is -4.20. The Labute approximate surface area is 216 Å². The molecule has 0 amide bonds. The van der Waals surface area contributed by atoms with Crippen LogP contribution < -0.4 is 0 Å². The molecule has 0 nitrogen and oxygen atoms in total. The molecule has 7 rings (SSSR count). The van der Waals surface area contributed by atoms with E-state index in [-0.39, 0.29) is 0 Å². The van der Waals surface area contributed by atoms with Crippen LogP contribution in [-0.2, 0) is 6.42 Å². The topological polar surface area (TPSA) is 0 Å². The van der Waals surface area contributed by atoms with Crippen LogP contribution >= 0.6 is 11.3 Å².